The van der Waals surface area contributed by atoms with Gasteiger partial charge in [0.2, 0.25) is 0 Å². The molecule has 0 saturated carbocycles. The van der Waals surface area contributed by atoms with Crippen molar-refractivity contribution in [1.82, 2.24) is 25.2 Å². The summed E-state index contributed by atoms with van der Waals surface area (Å²) in [7, 11) is 1.28. The minimum atomic E-state index is -0.492. The molecule has 0 bridgehead atoms. The number of rotatable bonds is 3. The number of methoxy groups -OCH3 is 1. The topological polar surface area (TPSA) is 100 Å². The van der Waals surface area contributed by atoms with E-state index in [1.165, 1.54) is 7.11 Å². The number of hydrogen-bond donors (Lipinski definition) is 2. The zero-order chi connectivity index (χ0) is 16.2. The molecular weight excluding hydrogens is 298 g/mol. The molecule has 2 amide bonds. The molecule has 0 radical (unpaired) electrons. The molecule has 120 valence electrons. The molecule has 2 aromatic rings. The Hall–Kier alpha value is -2.90. The van der Waals surface area contributed by atoms with Gasteiger partial charge in [0.1, 0.15) is 12.6 Å². The van der Waals surface area contributed by atoms with Crippen LogP contribution in [0.25, 0.3) is 0 Å². The number of esters is 1. The van der Waals surface area contributed by atoms with Crippen LogP contribution in [-0.2, 0) is 16.0 Å². The maximum absolute atomic E-state index is 12.5. The van der Waals surface area contributed by atoms with Crippen LogP contribution in [0.15, 0.2) is 30.9 Å². The molecule has 3 rings (SSSR count). The van der Waals surface area contributed by atoms with Crippen LogP contribution >= 0.6 is 0 Å². The monoisotopic (exact) mass is 315 g/mol. The van der Waals surface area contributed by atoms with E-state index < -0.39 is 5.97 Å². The van der Waals surface area contributed by atoms with Crippen LogP contribution < -0.4 is 5.32 Å². The van der Waals surface area contributed by atoms with Gasteiger partial charge < -0.3 is 19.9 Å². The first-order valence-electron chi connectivity index (χ1n) is 7.24. The predicted octanol–water partition coefficient (Wildman–Crippen LogP) is 0.635. The van der Waals surface area contributed by atoms with Crippen molar-refractivity contribution < 1.29 is 14.3 Å². The summed E-state index contributed by atoms with van der Waals surface area (Å²) in [6.45, 7) is 0.348. The molecule has 1 aliphatic heterocycles. The Kier molecular flexibility index (Phi) is 4.22. The van der Waals surface area contributed by atoms with Crippen molar-refractivity contribution >= 4 is 12.0 Å². The van der Waals surface area contributed by atoms with Gasteiger partial charge in [0, 0.05) is 31.1 Å². The molecule has 1 unspecified atom stereocenters. The van der Waals surface area contributed by atoms with E-state index in [2.05, 4.69) is 25.0 Å². The summed E-state index contributed by atoms with van der Waals surface area (Å²) in [6.07, 6.45) is 5.70. The van der Waals surface area contributed by atoms with E-state index in [4.69, 9.17) is 0 Å². The molecule has 0 spiro atoms. The van der Waals surface area contributed by atoms with Crippen LogP contribution in [0.1, 0.15) is 23.0 Å². The van der Waals surface area contributed by atoms with E-state index in [0.717, 1.165) is 17.0 Å². The number of nitrogens with one attached hydrogen (secondary N) is 2. The maximum Gasteiger partial charge on any atom is 0.325 e. The van der Waals surface area contributed by atoms with Gasteiger partial charge in [-0.1, -0.05) is 6.07 Å². The minimum absolute atomic E-state index is 0.168. The third kappa shape index (κ3) is 3.01. The van der Waals surface area contributed by atoms with Crippen molar-refractivity contribution in [3.8, 4) is 0 Å². The summed E-state index contributed by atoms with van der Waals surface area (Å²) in [5, 5.41) is 2.58. The third-order valence-corrected chi connectivity index (χ3v) is 3.80. The van der Waals surface area contributed by atoms with Crippen LogP contribution in [0.3, 0.4) is 0 Å². The normalized spacial score (nSPS) is 16.6. The van der Waals surface area contributed by atoms with Crippen molar-refractivity contribution in [2.45, 2.75) is 12.5 Å². The highest BCUT2D eigenvalue weighted by Crippen LogP contribution is 2.32. The molecule has 0 aromatic carbocycles. The van der Waals surface area contributed by atoms with Crippen molar-refractivity contribution in [1.29, 1.82) is 0 Å². The lowest BCUT2D eigenvalue weighted by Crippen LogP contribution is -2.47. The average Bonchev–Trinajstić information content (AvgIpc) is 3.07. The summed E-state index contributed by atoms with van der Waals surface area (Å²) in [4.78, 5) is 37.0. The molecule has 8 nitrogen and oxygen atoms in total. The second-order valence-corrected chi connectivity index (χ2v) is 5.13. The Balaban J connectivity index is 1.87. The third-order valence-electron chi connectivity index (χ3n) is 3.80. The Morgan fingerprint density at radius 2 is 2.39 bits per heavy atom. The van der Waals surface area contributed by atoms with Gasteiger partial charge in [0.05, 0.1) is 19.1 Å². The largest absolute Gasteiger partial charge is 0.468 e. The van der Waals surface area contributed by atoms with Gasteiger partial charge in [-0.2, -0.15) is 0 Å². The van der Waals surface area contributed by atoms with Crippen LogP contribution in [0.5, 0.6) is 0 Å². The van der Waals surface area contributed by atoms with E-state index >= 15 is 0 Å². The maximum atomic E-state index is 12.5. The number of H-pyrrole nitrogens is 1. The number of hydrogen-bond acceptors (Lipinski definition) is 5. The highest BCUT2D eigenvalue weighted by atomic mass is 16.5. The Bertz CT molecular complexity index is 700. The first-order valence-corrected chi connectivity index (χ1v) is 7.24. The first kappa shape index (κ1) is 15.0. The molecule has 2 N–H and O–H groups in total. The highest BCUT2D eigenvalue weighted by Gasteiger charge is 2.34. The number of urea groups is 1. The average molecular weight is 315 g/mol. The van der Waals surface area contributed by atoms with Gasteiger partial charge >= 0.3 is 12.0 Å². The van der Waals surface area contributed by atoms with Gasteiger partial charge in [-0.15, -0.1) is 0 Å². The number of amides is 2. The van der Waals surface area contributed by atoms with Crippen molar-refractivity contribution in [2.24, 2.45) is 0 Å². The molecule has 0 aliphatic carbocycles. The summed E-state index contributed by atoms with van der Waals surface area (Å²) in [5.41, 5.74) is 2.68. The molecule has 2 aromatic heterocycles. The molecule has 1 aliphatic rings. The molecule has 0 saturated heterocycles. The summed E-state index contributed by atoms with van der Waals surface area (Å²) in [6, 6.07) is 3.05. The van der Waals surface area contributed by atoms with Gasteiger partial charge in [0.15, 0.2) is 0 Å². The smallest absolute Gasteiger partial charge is 0.325 e. The molecular formula is C15H17N5O3. The number of carbonyl (C=O) groups excluding carboxylic acids is 2. The van der Waals surface area contributed by atoms with E-state index in [0.29, 0.717) is 13.0 Å². The standard InChI is InChI=1S/C15H17N5O3/c1-23-12(21)8-17-15(22)20-6-4-11-13(19-9-18-11)14(20)10-3-2-5-16-7-10/h2-3,5,7,9,14H,4,6,8H2,1H3,(H,17,22)(H,18,19). The summed E-state index contributed by atoms with van der Waals surface area (Å²) in [5.74, 6) is -0.492. The van der Waals surface area contributed by atoms with Crippen LogP contribution in [0.4, 0.5) is 4.79 Å². The fourth-order valence-electron chi connectivity index (χ4n) is 2.69. The summed E-state index contributed by atoms with van der Waals surface area (Å²) >= 11 is 0. The zero-order valence-electron chi connectivity index (χ0n) is 12.7. The number of ether oxygens (including phenoxy) is 1. The van der Waals surface area contributed by atoms with Crippen LogP contribution in [0.2, 0.25) is 0 Å². The number of aromatic amines is 1. The van der Waals surface area contributed by atoms with Crippen LogP contribution in [-0.4, -0.2) is 52.1 Å². The van der Waals surface area contributed by atoms with Crippen molar-refractivity contribution in [3.05, 3.63) is 47.8 Å². The van der Waals surface area contributed by atoms with Gasteiger partial charge in [-0.3, -0.25) is 9.78 Å². The SMILES string of the molecule is COC(=O)CNC(=O)N1CCc2[nH]cnc2C1c1cccnc1. The summed E-state index contributed by atoms with van der Waals surface area (Å²) < 4.78 is 4.54. The zero-order valence-corrected chi connectivity index (χ0v) is 12.7. The first-order chi connectivity index (χ1) is 11.2. The quantitative estimate of drug-likeness (QED) is 0.809. The highest BCUT2D eigenvalue weighted by molar-refractivity contribution is 5.81. The Morgan fingerprint density at radius 1 is 1.52 bits per heavy atom. The fourth-order valence-corrected chi connectivity index (χ4v) is 2.69. The second kappa shape index (κ2) is 6.47. The van der Waals surface area contributed by atoms with Gasteiger partial charge in [-0.05, 0) is 11.6 Å². The van der Waals surface area contributed by atoms with Gasteiger partial charge in [0.25, 0.3) is 0 Å². The molecule has 3 heterocycles. The number of nitrogens with zero attached hydrogens (tertiary/aromatic N) is 3. The molecule has 1 atom stereocenters. The number of carbonyl (C=O) groups is 2. The van der Waals surface area contributed by atoms with E-state index in [-0.39, 0.29) is 18.6 Å². The van der Waals surface area contributed by atoms with E-state index in [1.807, 2.05) is 12.1 Å². The molecule has 0 fully saturated rings. The number of fused-ring (bicyclic) bond motifs is 1. The lowest BCUT2D eigenvalue weighted by molar-refractivity contribution is -0.139. The number of imidazole rings is 1. The Labute approximate surface area is 132 Å². The molecule has 23 heavy (non-hydrogen) atoms. The van der Waals surface area contributed by atoms with E-state index in [9.17, 15) is 9.59 Å². The second-order valence-electron chi connectivity index (χ2n) is 5.13. The van der Waals surface area contributed by atoms with E-state index in [1.54, 1.807) is 23.6 Å². The fraction of sp³-hybridized carbons (Fsp3) is 0.333. The van der Waals surface area contributed by atoms with Gasteiger partial charge in [-0.25, -0.2) is 9.78 Å². The lowest BCUT2D eigenvalue weighted by Gasteiger charge is -2.34. The molecule has 8 heteroatoms. The van der Waals surface area contributed by atoms with Crippen molar-refractivity contribution in [3.63, 3.8) is 0 Å². The minimum Gasteiger partial charge on any atom is -0.468 e. The van der Waals surface area contributed by atoms with Crippen LogP contribution in [0, 0.1) is 0 Å². The predicted molar refractivity (Wildman–Crippen MR) is 80.5 cm³/mol. The lowest BCUT2D eigenvalue weighted by atomic mass is 9.97. The Morgan fingerprint density at radius 3 is 3.13 bits per heavy atom. The van der Waals surface area contributed by atoms with Crippen molar-refractivity contribution in [2.75, 3.05) is 20.2 Å². The number of aromatic nitrogens is 3. The number of pyridine rings is 1.